The minimum Gasteiger partial charge on any atom is -0.298 e. The van der Waals surface area contributed by atoms with Gasteiger partial charge in [0.05, 0.1) is 22.4 Å². The maximum absolute atomic E-state index is 10.9. The Kier molecular flexibility index (Phi) is 3.18. The molecule has 2 rings (SSSR count). The molecule has 6 nitrogen and oxygen atoms in total. The highest BCUT2D eigenvalue weighted by Crippen LogP contribution is 2.21. The highest BCUT2D eigenvalue weighted by atomic mass is 16.6. The first-order chi connectivity index (χ1) is 8.63. The topological polar surface area (TPSA) is 78.0 Å². The molecule has 0 aliphatic heterocycles. The average Bonchev–Trinajstić information content (AvgIpc) is 2.71. The van der Waals surface area contributed by atoms with E-state index in [0.717, 1.165) is 0 Å². The molecule has 0 saturated heterocycles. The van der Waals surface area contributed by atoms with Crippen LogP contribution in [-0.2, 0) is 13.5 Å². The fourth-order valence-corrected chi connectivity index (χ4v) is 1.81. The zero-order valence-electron chi connectivity index (χ0n) is 9.74. The molecule has 0 spiro atoms. The van der Waals surface area contributed by atoms with Crippen molar-refractivity contribution in [2.24, 2.45) is 7.05 Å². The fraction of sp³-hybridized carbons (Fsp3) is 0.167. The van der Waals surface area contributed by atoms with Crippen molar-refractivity contribution in [3.8, 4) is 0 Å². The number of carbonyl (C=O) groups is 1. The van der Waals surface area contributed by atoms with Crippen molar-refractivity contribution in [2.45, 2.75) is 6.42 Å². The maximum Gasteiger partial charge on any atom is 0.272 e. The molecule has 1 aromatic heterocycles. The van der Waals surface area contributed by atoms with Gasteiger partial charge >= 0.3 is 0 Å². The van der Waals surface area contributed by atoms with Crippen LogP contribution < -0.4 is 0 Å². The van der Waals surface area contributed by atoms with Gasteiger partial charge < -0.3 is 0 Å². The molecule has 0 radical (unpaired) electrons. The first-order valence-corrected chi connectivity index (χ1v) is 5.32. The fourth-order valence-electron chi connectivity index (χ4n) is 1.81. The van der Waals surface area contributed by atoms with E-state index in [9.17, 15) is 14.9 Å². The summed E-state index contributed by atoms with van der Waals surface area (Å²) in [5.41, 5.74) is 1.74. The molecule has 1 aromatic carbocycles. The first kappa shape index (κ1) is 12.0. The SMILES string of the molecule is Cn1ncc(C=O)c1Cc1ccccc1[N+](=O)[O-]. The average molecular weight is 245 g/mol. The monoisotopic (exact) mass is 245 g/mol. The minimum absolute atomic E-state index is 0.0514. The number of nitrogens with zero attached hydrogens (tertiary/aromatic N) is 3. The van der Waals surface area contributed by atoms with Gasteiger partial charge in [0.2, 0.25) is 0 Å². The van der Waals surface area contributed by atoms with Crippen molar-refractivity contribution < 1.29 is 9.72 Å². The Morgan fingerprint density at radius 1 is 1.44 bits per heavy atom. The number of aromatic nitrogens is 2. The number of benzene rings is 1. The lowest BCUT2D eigenvalue weighted by Gasteiger charge is -2.04. The van der Waals surface area contributed by atoms with E-state index in [4.69, 9.17) is 0 Å². The molecule has 1 heterocycles. The summed E-state index contributed by atoms with van der Waals surface area (Å²) in [5.74, 6) is 0. The number of nitro benzene ring substituents is 1. The number of para-hydroxylation sites is 1. The number of aryl methyl sites for hydroxylation is 1. The number of aldehydes is 1. The second-order valence-corrected chi connectivity index (χ2v) is 3.85. The quantitative estimate of drug-likeness (QED) is 0.467. The maximum atomic E-state index is 10.9. The van der Waals surface area contributed by atoms with Crippen molar-refractivity contribution in [2.75, 3.05) is 0 Å². The van der Waals surface area contributed by atoms with Crippen molar-refractivity contribution in [1.29, 1.82) is 0 Å². The zero-order valence-corrected chi connectivity index (χ0v) is 9.74. The van der Waals surface area contributed by atoms with Gasteiger partial charge in [0.25, 0.3) is 5.69 Å². The first-order valence-electron chi connectivity index (χ1n) is 5.32. The molecule has 6 heteroatoms. The lowest BCUT2D eigenvalue weighted by molar-refractivity contribution is -0.385. The summed E-state index contributed by atoms with van der Waals surface area (Å²) >= 11 is 0. The summed E-state index contributed by atoms with van der Waals surface area (Å²) in [7, 11) is 1.71. The highest BCUT2D eigenvalue weighted by Gasteiger charge is 2.16. The smallest absolute Gasteiger partial charge is 0.272 e. The summed E-state index contributed by atoms with van der Waals surface area (Å²) < 4.78 is 1.56. The van der Waals surface area contributed by atoms with Gasteiger partial charge in [-0.25, -0.2) is 0 Å². The predicted molar refractivity (Wildman–Crippen MR) is 64.5 cm³/mol. The molecule has 0 aliphatic carbocycles. The lowest BCUT2D eigenvalue weighted by Crippen LogP contribution is -2.03. The Bertz CT molecular complexity index is 604. The zero-order chi connectivity index (χ0) is 13.1. The normalized spacial score (nSPS) is 10.3. The number of rotatable bonds is 4. The van der Waals surface area contributed by atoms with Gasteiger partial charge in [-0.05, 0) is 0 Å². The van der Waals surface area contributed by atoms with Crippen LogP contribution in [0.2, 0.25) is 0 Å². The third-order valence-corrected chi connectivity index (χ3v) is 2.77. The highest BCUT2D eigenvalue weighted by molar-refractivity contribution is 5.76. The second kappa shape index (κ2) is 4.79. The van der Waals surface area contributed by atoms with Crippen LogP contribution in [0.25, 0.3) is 0 Å². The van der Waals surface area contributed by atoms with Crippen LogP contribution in [0.4, 0.5) is 5.69 Å². The standard InChI is InChI=1S/C12H11N3O3/c1-14-12(10(8-16)7-13-14)6-9-4-2-3-5-11(9)15(17)18/h2-5,7-8H,6H2,1H3. The Morgan fingerprint density at radius 2 is 2.17 bits per heavy atom. The molecule has 0 bridgehead atoms. The van der Waals surface area contributed by atoms with E-state index < -0.39 is 4.92 Å². The molecule has 0 saturated carbocycles. The molecular weight excluding hydrogens is 234 g/mol. The van der Waals surface area contributed by atoms with Gasteiger partial charge in [0, 0.05) is 25.1 Å². The molecule has 2 aromatic rings. The van der Waals surface area contributed by atoms with Gasteiger partial charge in [-0.1, -0.05) is 18.2 Å². The third kappa shape index (κ3) is 2.13. The Labute approximate surface area is 103 Å². The summed E-state index contributed by atoms with van der Waals surface area (Å²) in [6, 6.07) is 6.48. The minimum atomic E-state index is -0.424. The number of hydrogen-bond acceptors (Lipinski definition) is 4. The van der Waals surface area contributed by atoms with E-state index in [1.54, 1.807) is 29.9 Å². The molecule has 0 unspecified atom stereocenters. The predicted octanol–water partition coefficient (Wildman–Crippen LogP) is 1.73. The van der Waals surface area contributed by atoms with E-state index in [0.29, 0.717) is 29.5 Å². The van der Waals surface area contributed by atoms with Crippen molar-refractivity contribution in [3.63, 3.8) is 0 Å². The van der Waals surface area contributed by atoms with Gasteiger partial charge in [-0.15, -0.1) is 0 Å². The summed E-state index contributed by atoms with van der Waals surface area (Å²) in [6.07, 6.45) is 2.47. The summed E-state index contributed by atoms with van der Waals surface area (Å²) in [6.45, 7) is 0. The van der Waals surface area contributed by atoms with Crippen LogP contribution >= 0.6 is 0 Å². The van der Waals surface area contributed by atoms with E-state index in [1.807, 2.05) is 0 Å². The second-order valence-electron chi connectivity index (χ2n) is 3.85. The number of nitro groups is 1. The van der Waals surface area contributed by atoms with Gasteiger partial charge in [-0.3, -0.25) is 19.6 Å². The molecule has 0 atom stereocenters. The molecule has 0 fully saturated rings. The Morgan fingerprint density at radius 3 is 2.83 bits per heavy atom. The Hall–Kier alpha value is -2.50. The molecular formula is C12H11N3O3. The number of carbonyl (C=O) groups excluding carboxylic acids is 1. The molecule has 18 heavy (non-hydrogen) atoms. The van der Waals surface area contributed by atoms with Crippen LogP contribution in [0.5, 0.6) is 0 Å². The van der Waals surface area contributed by atoms with Gasteiger partial charge in [-0.2, -0.15) is 5.10 Å². The Balaban J connectivity index is 2.43. The van der Waals surface area contributed by atoms with E-state index >= 15 is 0 Å². The molecule has 0 amide bonds. The van der Waals surface area contributed by atoms with Crippen molar-refractivity contribution in [3.05, 3.63) is 57.4 Å². The largest absolute Gasteiger partial charge is 0.298 e. The lowest BCUT2D eigenvalue weighted by atomic mass is 10.1. The van der Waals surface area contributed by atoms with E-state index in [1.165, 1.54) is 12.3 Å². The van der Waals surface area contributed by atoms with E-state index in [-0.39, 0.29) is 5.69 Å². The van der Waals surface area contributed by atoms with Crippen LogP contribution in [0, 0.1) is 10.1 Å². The van der Waals surface area contributed by atoms with Crippen molar-refractivity contribution >= 4 is 12.0 Å². The number of hydrogen-bond donors (Lipinski definition) is 0. The van der Waals surface area contributed by atoms with Gasteiger partial charge in [0.15, 0.2) is 6.29 Å². The van der Waals surface area contributed by atoms with Crippen LogP contribution in [-0.4, -0.2) is 21.0 Å². The van der Waals surface area contributed by atoms with Crippen LogP contribution in [0.15, 0.2) is 30.5 Å². The van der Waals surface area contributed by atoms with Crippen molar-refractivity contribution in [1.82, 2.24) is 9.78 Å². The van der Waals surface area contributed by atoms with Crippen LogP contribution in [0.1, 0.15) is 21.6 Å². The molecule has 0 N–H and O–H groups in total. The summed E-state index contributed by atoms with van der Waals surface area (Å²) in [4.78, 5) is 21.3. The van der Waals surface area contributed by atoms with Crippen LogP contribution in [0.3, 0.4) is 0 Å². The van der Waals surface area contributed by atoms with Gasteiger partial charge in [0.1, 0.15) is 0 Å². The molecule has 92 valence electrons. The summed E-state index contributed by atoms with van der Waals surface area (Å²) in [5, 5.41) is 14.9. The molecule has 0 aliphatic rings. The van der Waals surface area contributed by atoms with E-state index in [2.05, 4.69) is 5.10 Å². The third-order valence-electron chi connectivity index (χ3n) is 2.77.